The average Bonchev–Trinajstić information content (AvgIpc) is 2.86. The number of nitrogens with zero attached hydrogens (tertiary/aromatic N) is 3. The first-order chi connectivity index (χ1) is 13.1. The SMILES string of the molecule is C1=CCCCN=C1.Cc1nc(C(F)(F)CF)cn1-c1ccc(S(C)(=O)=O)cc1. The van der Waals surface area contributed by atoms with Crippen molar-refractivity contribution in [3.63, 3.8) is 0 Å². The van der Waals surface area contributed by atoms with E-state index >= 15 is 0 Å². The maximum absolute atomic E-state index is 13.3. The minimum absolute atomic E-state index is 0.123. The maximum atomic E-state index is 13.3. The Balaban J connectivity index is 0.000000336. The molecule has 28 heavy (non-hydrogen) atoms. The number of aromatic nitrogens is 2. The Labute approximate surface area is 162 Å². The van der Waals surface area contributed by atoms with Crippen molar-refractivity contribution in [1.82, 2.24) is 9.55 Å². The summed E-state index contributed by atoms with van der Waals surface area (Å²) in [7, 11) is -3.33. The molecule has 1 aromatic heterocycles. The largest absolute Gasteiger partial charge is 0.318 e. The molecule has 1 aliphatic heterocycles. The molecule has 0 amide bonds. The third-order valence-electron chi connectivity index (χ3n) is 3.95. The molecular weight excluding hydrogens is 391 g/mol. The quantitative estimate of drug-likeness (QED) is 0.760. The molecule has 0 saturated carbocycles. The monoisotopic (exact) mass is 413 g/mol. The highest BCUT2D eigenvalue weighted by Crippen LogP contribution is 2.28. The lowest BCUT2D eigenvalue weighted by atomic mass is 10.3. The molecule has 0 saturated heterocycles. The fourth-order valence-corrected chi connectivity index (χ4v) is 3.06. The number of alkyl halides is 3. The number of hydrogen-bond acceptors (Lipinski definition) is 4. The molecule has 152 valence electrons. The molecule has 0 atom stereocenters. The molecule has 0 unspecified atom stereocenters. The third-order valence-corrected chi connectivity index (χ3v) is 5.08. The predicted molar refractivity (Wildman–Crippen MR) is 103 cm³/mol. The molecule has 2 heterocycles. The van der Waals surface area contributed by atoms with Crippen LogP contribution in [0.2, 0.25) is 0 Å². The Hall–Kier alpha value is -2.42. The lowest BCUT2D eigenvalue weighted by molar-refractivity contribution is -0.0319. The first-order valence-corrected chi connectivity index (χ1v) is 10.5. The van der Waals surface area contributed by atoms with E-state index < -0.39 is 28.1 Å². The van der Waals surface area contributed by atoms with Crippen LogP contribution >= 0.6 is 0 Å². The smallest absolute Gasteiger partial charge is 0.303 e. The van der Waals surface area contributed by atoms with Gasteiger partial charge in [0.05, 0.1) is 4.90 Å². The average molecular weight is 413 g/mol. The van der Waals surface area contributed by atoms with Gasteiger partial charge in [0, 0.05) is 30.9 Å². The van der Waals surface area contributed by atoms with E-state index in [4.69, 9.17) is 0 Å². The molecule has 0 N–H and O–H groups in total. The van der Waals surface area contributed by atoms with E-state index in [1.807, 2.05) is 12.3 Å². The molecular formula is C19H22F3N3O2S. The summed E-state index contributed by atoms with van der Waals surface area (Å²) in [6, 6.07) is 5.69. The summed E-state index contributed by atoms with van der Waals surface area (Å²) in [6.45, 7) is 0.686. The van der Waals surface area contributed by atoms with E-state index in [1.54, 1.807) is 0 Å². The molecule has 1 aromatic carbocycles. The Morgan fingerprint density at radius 1 is 1.21 bits per heavy atom. The number of halogens is 3. The van der Waals surface area contributed by atoms with Crippen LogP contribution in [0.4, 0.5) is 13.2 Å². The minimum Gasteiger partial charge on any atom is -0.303 e. The summed E-state index contributed by atoms with van der Waals surface area (Å²) >= 11 is 0. The fourth-order valence-electron chi connectivity index (χ4n) is 2.43. The summed E-state index contributed by atoms with van der Waals surface area (Å²) in [6.07, 6.45) is 10.6. The summed E-state index contributed by atoms with van der Waals surface area (Å²) < 4.78 is 63.0. The first kappa shape index (κ1) is 21.9. The predicted octanol–water partition coefficient (Wildman–Crippen LogP) is 4.05. The summed E-state index contributed by atoms with van der Waals surface area (Å²) in [4.78, 5) is 7.84. The summed E-state index contributed by atoms with van der Waals surface area (Å²) in [5, 5.41) is 0. The van der Waals surface area contributed by atoms with Crippen molar-refractivity contribution in [1.29, 1.82) is 0 Å². The van der Waals surface area contributed by atoms with Gasteiger partial charge in [-0.3, -0.25) is 4.99 Å². The summed E-state index contributed by atoms with van der Waals surface area (Å²) in [5.74, 6) is -3.38. The van der Waals surface area contributed by atoms with Crippen molar-refractivity contribution in [2.24, 2.45) is 4.99 Å². The minimum atomic E-state index is -3.64. The van der Waals surface area contributed by atoms with Crippen molar-refractivity contribution >= 4 is 16.1 Å². The van der Waals surface area contributed by atoms with E-state index in [1.165, 1.54) is 48.6 Å². The first-order valence-electron chi connectivity index (χ1n) is 8.61. The number of aliphatic imine (C=N–C) groups is 1. The van der Waals surface area contributed by atoms with Crippen molar-refractivity contribution in [2.75, 3.05) is 19.5 Å². The zero-order valence-corrected chi connectivity index (χ0v) is 16.5. The van der Waals surface area contributed by atoms with Gasteiger partial charge < -0.3 is 4.57 Å². The van der Waals surface area contributed by atoms with Crippen LogP contribution in [-0.2, 0) is 15.8 Å². The van der Waals surface area contributed by atoms with E-state index in [2.05, 4.69) is 16.1 Å². The van der Waals surface area contributed by atoms with Crippen LogP contribution in [0.1, 0.15) is 24.4 Å². The lowest BCUT2D eigenvalue weighted by Crippen LogP contribution is -2.16. The molecule has 9 heteroatoms. The number of hydrogen-bond donors (Lipinski definition) is 0. The highest BCUT2D eigenvalue weighted by atomic mass is 32.2. The van der Waals surface area contributed by atoms with Gasteiger partial charge in [-0.2, -0.15) is 8.78 Å². The van der Waals surface area contributed by atoms with Crippen LogP contribution in [0.5, 0.6) is 0 Å². The van der Waals surface area contributed by atoms with Crippen LogP contribution in [0.15, 0.2) is 52.5 Å². The second kappa shape index (κ2) is 9.18. The van der Waals surface area contributed by atoms with Gasteiger partial charge in [-0.25, -0.2) is 17.8 Å². The van der Waals surface area contributed by atoms with Crippen LogP contribution < -0.4 is 0 Å². The molecule has 5 nitrogen and oxygen atoms in total. The second-order valence-corrected chi connectivity index (χ2v) is 8.29. The molecule has 0 aliphatic carbocycles. The van der Waals surface area contributed by atoms with Gasteiger partial charge in [-0.05, 0) is 50.1 Å². The number of rotatable bonds is 4. The number of allylic oxidation sites excluding steroid dienone is 2. The van der Waals surface area contributed by atoms with Crippen molar-refractivity contribution in [3.8, 4) is 5.69 Å². The third kappa shape index (κ3) is 5.79. The van der Waals surface area contributed by atoms with E-state index in [9.17, 15) is 21.6 Å². The Morgan fingerprint density at radius 3 is 2.50 bits per heavy atom. The van der Waals surface area contributed by atoms with Gasteiger partial charge in [-0.1, -0.05) is 6.08 Å². The maximum Gasteiger partial charge on any atom is 0.318 e. The molecule has 0 spiro atoms. The van der Waals surface area contributed by atoms with Crippen molar-refractivity contribution in [2.45, 2.75) is 30.6 Å². The normalized spacial score (nSPS) is 14.3. The highest BCUT2D eigenvalue weighted by Gasteiger charge is 2.35. The van der Waals surface area contributed by atoms with Crippen LogP contribution in [-0.4, -0.2) is 43.7 Å². The van der Waals surface area contributed by atoms with E-state index in [0.29, 0.717) is 5.69 Å². The van der Waals surface area contributed by atoms with Crippen molar-refractivity contribution < 1.29 is 21.6 Å². The van der Waals surface area contributed by atoms with E-state index in [0.717, 1.165) is 19.0 Å². The molecule has 2 aromatic rings. The molecule has 3 rings (SSSR count). The Kier molecular flexibility index (Phi) is 7.17. The number of aryl methyl sites for hydroxylation is 1. The highest BCUT2D eigenvalue weighted by molar-refractivity contribution is 7.90. The van der Waals surface area contributed by atoms with Gasteiger partial charge in [0.1, 0.15) is 11.5 Å². The van der Waals surface area contributed by atoms with E-state index in [-0.39, 0.29) is 10.7 Å². The fraction of sp³-hybridized carbons (Fsp3) is 0.368. The Bertz CT molecular complexity index is 937. The molecule has 0 radical (unpaired) electrons. The van der Waals surface area contributed by atoms with Crippen LogP contribution in [0, 0.1) is 6.92 Å². The van der Waals surface area contributed by atoms with Crippen LogP contribution in [0.3, 0.4) is 0 Å². The molecule has 1 aliphatic rings. The lowest BCUT2D eigenvalue weighted by Gasteiger charge is -2.08. The second-order valence-electron chi connectivity index (χ2n) is 6.27. The zero-order valence-electron chi connectivity index (χ0n) is 15.6. The Morgan fingerprint density at radius 2 is 1.89 bits per heavy atom. The standard InChI is InChI=1S/C13H13F3N2O2S.C6H9N/c1-9-17-12(13(15,16)8-14)7-18(9)10-3-5-11(6-4-10)21(2,19)20;1-2-4-6-7-5-3-1/h3-7H,8H2,1-2H3;1,3,5H,2,4,6H2. The van der Waals surface area contributed by atoms with Crippen LogP contribution in [0.25, 0.3) is 5.69 Å². The van der Waals surface area contributed by atoms with Crippen molar-refractivity contribution in [3.05, 3.63) is 54.1 Å². The zero-order chi connectivity index (χ0) is 20.8. The topological polar surface area (TPSA) is 64.3 Å². The van der Waals surface area contributed by atoms with Gasteiger partial charge in [-0.15, -0.1) is 0 Å². The van der Waals surface area contributed by atoms with Gasteiger partial charge >= 0.3 is 5.92 Å². The van der Waals surface area contributed by atoms with Gasteiger partial charge in [0.15, 0.2) is 16.5 Å². The number of imidazole rings is 1. The molecule has 0 bridgehead atoms. The summed E-state index contributed by atoms with van der Waals surface area (Å²) in [5.41, 5.74) is -0.192. The van der Waals surface area contributed by atoms with Gasteiger partial charge in [0.25, 0.3) is 0 Å². The van der Waals surface area contributed by atoms with Gasteiger partial charge in [0.2, 0.25) is 0 Å². The number of benzene rings is 1. The molecule has 0 fully saturated rings. The number of sulfone groups is 1.